The number of hydrogen-bond donors (Lipinski definition) is 2. The largest absolute Gasteiger partial charge is 0.389 e. The number of nitrogens with one attached hydrogen (secondary N) is 1. The van der Waals surface area contributed by atoms with Crippen LogP contribution in [-0.4, -0.2) is 17.2 Å². The maximum Gasteiger partial charge on any atom is 0.255 e. The van der Waals surface area contributed by atoms with Crippen LogP contribution in [0.2, 0.25) is 0 Å². The number of rotatable bonds is 4. The third-order valence-corrected chi connectivity index (χ3v) is 3.81. The Labute approximate surface area is 131 Å². The van der Waals surface area contributed by atoms with E-state index in [0.29, 0.717) is 5.56 Å². The van der Waals surface area contributed by atoms with Gasteiger partial charge in [0.2, 0.25) is 0 Å². The number of hydrogen-bond acceptors (Lipinski definition) is 3. The van der Waals surface area contributed by atoms with Crippen molar-refractivity contribution in [3.63, 3.8) is 0 Å². The minimum Gasteiger partial charge on any atom is -0.389 e. The third kappa shape index (κ3) is 3.59. The summed E-state index contributed by atoms with van der Waals surface area (Å²) in [7, 11) is 0. The minimum absolute atomic E-state index is 0.0431. The van der Waals surface area contributed by atoms with Crippen LogP contribution < -0.4 is 11.1 Å². The fourth-order valence-electron chi connectivity index (χ4n) is 1.82. The minimum atomic E-state index is -0.557. The molecule has 0 saturated carbocycles. The number of halogens is 1. The molecule has 0 bridgehead atoms. The van der Waals surface area contributed by atoms with Crippen molar-refractivity contribution >= 4 is 40.6 Å². The quantitative estimate of drug-likeness (QED) is 0.669. The highest BCUT2D eigenvalue weighted by Crippen LogP contribution is 2.20. The summed E-state index contributed by atoms with van der Waals surface area (Å²) in [5.41, 5.74) is 6.29. The molecular formula is C15H13FN2OS2. The molecule has 2 aromatic carbocycles. The van der Waals surface area contributed by atoms with Crippen LogP contribution in [0.15, 0.2) is 47.4 Å². The Kier molecular flexibility index (Phi) is 4.93. The standard InChI is InChI=1S/C15H13FN2OS2/c1-21-10-7-5-9(6-8-10)15(19)18-12-4-2-3-11(16)13(12)14(17)20/h2-8H,1H3,(H2,17,20)(H,18,19). The molecule has 0 atom stereocenters. The molecule has 0 heterocycles. The molecule has 21 heavy (non-hydrogen) atoms. The van der Waals surface area contributed by atoms with Crippen LogP contribution in [0, 0.1) is 5.82 Å². The lowest BCUT2D eigenvalue weighted by atomic mass is 10.1. The third-order valence-electron chi connectivity index (χ3n) is 2.86. The van der Waals surface area contributed by atoms with Crippen LogP contribution in [0.25, 0.3) is 0 Å². The number of carbonyl (C=O) groups excluding carboxylic acids is 1. The first-order valence-corrected chi connectivity index (χ1v) is 7.70. The van der Waals surface area contributed by atoms with Gasteiger partial charge < -0.3 is 11.1 Å². The second kappa shape index (κ2) is 6.69. The fourth-order valence-corrected chi connectivity index (χ4v) is 2.43. The lowest BCUT2D eigenvalue weighted by molar-refractivity contribution is 0.102. The lowest BCUT2D eigenvalue weighted by Gasteiger charge is -2.11. The van der Waals surface area contributed by atoms with E-state index in [2.05, 4.69) is 5.32 Å². The van der Waals surface area contributed by atoms with Gasteiger partial charge in [-0.3, -0.25) is 4.79 Å². The predicted molar refractivity (Wildman–Crippen MR) is 88.5 cm³/mol. The summed E-state index contributed by atoms with van der Waals surface area (Å²) < 4.78 is 13.7. The number of anilines is 1. The van der Waals surface area contributed by atoms with E-state index in [4.69, 9.17) is 18.0 Å². The number of carbonyl (C=O) groups is 1. The first kappa shape index (κ1) is 15.5. The van der Waals surface area contributed by atoms with E-state index < -0.39 is 5.82 Å². The highest BCUT2D eigenvalue weighted by Gasteiger charge is 2.14. The molecular weight excluding hydrogens is 307 g/mol. The van der Waals surface area contributed by atoms with Crippen LogP contribution in [0.3, 0.4) is 0 Å². The van der Waals surface area contributed by atoms with Gasteiger partial charge in [0, 0.05) is 10.5 Å². The number of amides is 1. The van der Waals surface area contributed by atoms with Gasteiger partial charge >= 0.3 is 0 Å². The van der Waals surface area contributed by atoms with Crippen molar-refractivity contribution in [3.8, 4) is 0 Å². The maximum absolute atomic E-state index is 13.7. The molecule has 0 aliphatic carbocycles. The summed E-state index contributed by atoms with van der Waals surface area (Å²) in [6, 6.07) is 11.4. The number of thioether (sulfide) groups is 1. The Balaban J connectivity index is 2.27. The smallest absolute Gasteiger partial charge is 0.255 e. The van der Waals surface area contributed by atoms with Crippen molar-refractivity contribution < 1.29 is 9.18 Å². The van der Waals surface area contributed by atoms with Gasteiger partial charge in [-0.15, -0.1) is 11.8 Å². The van der Waals surface area contributed by atoms with Crippen LogP contribution in [0.4, 0.5) is 10.1 Å². The van der Waals surface area contributed by atoms with Gasteiger partial charge in [-0.25, -0.2) is 4.39 Å². The van der Waals surface area contributed by atoms with Crippen LogP contribution in [0.1, 0.15) is 15.9 Å². The molecule has 0 aliphatic rings. The van der Waals surface area contributed by atoms with Gasteiger partial charge in [0.1, 0.15) is 10.8 Å². The summed E-state index contributed by atoms with van der Waals surface area (Å²) in [4.78, 5) is 13.1. The first-order chi connectivity index (χ1) is 10.0. The summed E-state index contributed by atoms with van der Waals surface area (Å²) in [6.45, 7) is 0. The highest BCUT2D eigenvalue weighted by molar-refractivity contribution is 7.98. The van der Waals surface area contributed by atoms with Gasteiger partial charge in [-0.2, -0.15) is 0 Å². The highest BCUT2D eigenvalue weighted by atomic mass is 32.2. The number of benzene rings is 2. The van der Waals surface area contributed by atoms with Crippen LogP contribution in [-0.2, 0) is 0 Å². The molecule has 0 saturated heterocycles. The lowest BCUT2D eigenvalue weighted by Crippen LogP contribution is -2.19. The molecule has 0 aliphatic heterocycles. The summed E-state index contributed by atoms with van der Waals surface area (Å²) in [6.07, 6.45) is 1.95. The molecule has 0 radical (unpaired) electrons. The van der Waals surface area contributed by atoms with Crippen molar-refractivity contribution in [1.82, 2.24) is 0 Å². The van der Waals surface area contributed by atoms with Crippen molar-refractivity contribution in [2.45, 2.75) is 4.90 Å². The molecule has 2 rings (SSSR count). The monoisotopic (exact) mass is 320 g/mol. The van der Waals surface area contributed by atoms with E-state index in [9.17, 15) is 9.18 Å². The van der Waals surface area contributed by atoms with Crippen LogP contribution in [0.5, 0.6) is 0 Å². The van der Waals surface area contributed by atoms with E-state index in [1.54, 1.807) is 30.0 Å². The van der Waals surface area contributed by atoms with Gasteiger partial charge in [-0.1, -0.05) is 18.3 Å². The molecule has 3 N–H and O–H groups in total. The Bertz CT molecular complexity index is 687. The molecule has 0 spiro atoms. The normalized spacial score (nSPS) is 10.2. The van der Waals surface area contributed by atoms with Gasteiger partial charge in [0.25, 0.3) is 5.91 Å². The van der Waals surface area contributed by atoms with Gasteiger partial charge in [0.15, 0.2) is 0 Å². The Morgan fingerprint density at radius 2 is 1.90 bits per heavy atom. The number of nitrogens with two attached hydrogens (primary N) is 1. The second-order valence-electron chi connectivity index (χ2n) is 4.21. The molecule has 2 aromatic rings. The summed E-state index contributed by atoms with van der Waals surface area (Å²) in [5, 5.41) is 2.63. The zero-order valence-corrected chi connectivity index (χ0v) is 12.9. The molecule has 0 unspecified atom stereocenters. The Hall–Kier alpha value is -1.92. The topological polar surface area (TPSA) is 55.1 Å². The second-order valence-corrected chi connectivity index (χ2v) is 5.53. The van der Waals surface area contributed by atoms with E-state index in [0.717, 1.165) is 4.90 Å². The van der Waals surface area contributed by atoms with Crippen molar-refractivity contribution in [3.05, 3.63) is 59.4 Å². The summed E-state index contributed by atoms with van der Waals surface area (Å²) in [5.74, 6) is -0.899. The zero-order chi connectivity index (χ0) is 15.4. The summed E-state index contributed by atoms with van der Waals surface area (Å²) >= 11 is 6.41. The average molecular weight is 320 g/mol. The van der Waals surface area contributed by atoms with E-state index >= 15 is 0 Å². The number of thiocarbonyl (C=S) groups is 1. The van der Waals surface area contributed by atoms with Crippen LogP contribution >= 0.6 is 24.0 Å². The fraction of sp³-hybridized carbons (Fsp3) is 0.0667. The molecule has 108 valence electrons. The van der Waals surface area contributed by atoms with Crippen molar-refractivity contribution in [1.29, 1.82) is 0 Å². The molecule has 3 nitrogen and oxygen atoms in total. The Morgan fingerprint density at radius 1 is 1.24 bits per heavy atom. The van der Waals surface area contributed by atoms with E-state index in [-0.39, 0.29) is 22.1 Å². The molecule has 0 fully saturated rings. The molecule has 6 heteroatoms. The molecule has 1 amide bonds. The van der Waals surface area contributed by atoms with Crippen molar-refractivity contribution in [2.24, 2.45) is 5.73 Å². The molecule has 0 aromatic heterocycles. The average Bonchev–Trinajstić information content (AvgIpc) is 2.47. The van der Waals surface area contributed by atoms with Gasteiger partial charge in [-0.05, 0) is 42.7 Å². The SMILES string of the molecule is CSc1ccc(C(=O)Nc2cccc(F)c2C(N)=S)cc1. The maximum atomic E-state index is 13.7. The van der Waals surface area contributed by atoms with Crippen molar-refractivity contribution in [2.75, 3.05) is 11.6 Å². The Morgan fingerprint density at radius 3 is 2.48 bits per heavy atom. The van der Waals surface area contributed by atoms with E-state index in [1.807, 2.05) is 18.4 Å². The van der Waals surface area contributed by atoms with E-state index in [1.165, 1.54) is 12.1 Å². The first-order valence-electron chi connectivity index (χ1n) is 6.06. The predicted octanol–water partition coefficient (Wildman–Crippen LogP) is 3.43. The van der Waals surface area contributed by atoms with Gasteiger partial charge in [0.05, 0.1) is 11.3 Å². The zero-order valence-electron chi connectivity index (χ0n) is 11.2.